The van der Waals surface area contributed by atoms with Gasteiger partial charge in [-0.05, 0) is 31.2 Å². The zero-order chi connectivity index (χ0) is 17.8. The molecule has 0 radical (unpaired) electrons. The lowest BCUT2D eigenvalue weighted by Crippen LogP contribution is -2.32. The lowest BCUT2D eigenvalue weighted by atomic mass is 10.1. The van der Waals surface area contributed by atoms with Crippen molar-refractivity contribution in [1.82, 2.24) is 10.4 Å². The number of hydrogen-bond acceptors (Lipinski definition) is 5. The highest BCUT2D eigenvalue weighted by Crippen LogP contribution is 2.09. The molecule has 0 aliphatic heterocycles. The molecule has 0 spiro atoms. The van der Waals surface area contributed by atoms with Crippen LogP contribution in [0.4, 0.5) is 0 Å². The Kier molecular flexibility index (Phi) is 9.02. The lowest BCUT2D eigenvalue weighted by Gasteiger charge is -2.16. The minimum atomic E-state index is 0.446. The monoisotopic (exact) mass is 328 g/mol. The van der Waals surface area contributed by atoms with Crippen molar-refractivity contribution in [3.63, 3.8) is 0 Å². The molecular formula is C18H28N6. The molecule has 0 aliphatic rings. The highest BCUT2D eigenvalue weighted by atomic mass is 15.4. The highest BCUT2D eigenvalue weighted by Gasteiger charge is 2.04. The van der Waals surface area contributed by atoms with E-state index in [0.29, 0.717) is 24.8 Å². The molecule has 6 nitrogen and oxygen atoms in total. The van der Waals surface area contributed by atoms with E-state index in [1.54, 1.807) is 0 Å². The molecule has 5 N–H and O–H groups in total. The average Bonchev–Trinajstić information content (AvgIpc) is 2.58. The van der Waals surface area contributed by atoms with Gasteiger partial charge in [0, 0.05) is 11.8 Å². The van der Waals surface area contributed by atoms with E-state index in [1.807, 2.05) is 42.4 Å². The largest absolute Gasteiger partial charge is 0.321 e. The fourth-order valence-electron chi connectivity index (χ4n) is 2.06. The molecule has 0 fully saturated rings. The van der Waals surface area contributed by atoms with Gasteiger partial charge in [-0.3, -0.25) is 5.01 Å². The first kappa shape index (κ1) is 19.5. The van der Waals surface area contributed by atoms with E-state index >= 15 is 0 Å². The first-order valence-electron chi connectivity index (χ1n) is 8.11. The summed E-state index contributed by atoms with van der Waals surface area (Å²) in [6.07, 6.45) is 4.09. The van der Waals surface area contributed by atoms with E-state index in [0.717, 1.165) is 24.0 Å². The molecule has 1 aromatic carbocycles. The van der Waals surface area contributed by atoms with Crippen molar-refractivity contribution in [2.75, 3.05) is 6.54 Å². The molecule has 1 aromatic rings. The zero-order valence-corrected chi connectivity index (χ0v) is 14.8. The van der Waals surface area contributed by atoms with Gasteiger partial charge in [0.2, 0.25) is 0 Å². The summed E-state index contributed by atoms with van der Waals surface area (Å²) in [6.45, 7) is 7.56. The maximum atomic E-state index is 5.37. The van der Waals surface area contributed by atoms with Crippen LogP contribution in [0.5, 0.6) is 0 Å². The lowest BCUT2D eigenvalue weighted by molar-refractivity contribution is 0.317. The zero-order valence-electron chi connectivity index (χ0n) is 14.8. The summed E-state index contributed by atoms with van der Waals surface area (Å²) in [5.41, 5.74) is 4.44. The molecule has 6 heteroatoms. The second-order valence-corrected chi connectivity index (χ2v) is 5.84. The van der Waals surface area contributed by atoms with E-state index < -0.39 is 0 Å². The highest BCUT2D eigenvalue weighted by molar-refractivity contribution is 5.98. The van der Waals surface area contributed by atoms with Crippen molar-refractivity contribution in [1.29, 1.82) is 0 Å². The first-order chi connectivity index (χ1) is 11.6. The number of nitrogens with two attached hydrogens (primary N) is 2. The Bertz CT molecular complexity index is 592. The SMILES string of the molecule is CC#CCN(Cc1ccc(/C(=N/N)NN)cc1)/N=C\CCC(C)C. The van der Waals surface area contributed by atoms with Crippen LogP contribution in [-0.2, 0) is 6.54 Å². The van der Waals surface area contributed by atoms with E-state index in [-0.39, 0.29) is 0 Å². The van der Waals surface area contributed by atoms with Crippen LogP contribution in [0.3, 0.4) is 0 Å². The topological polar surface area (TPSA) is 92.0 Å². The molecule has 0 aromatic heterocycles. The van der Waals surface area contributed by atoms with Crippen molar-refractivity contribution < 1.29 is 0 Å². The van der Waals surface area contributed by atoms with E-state index in [9.17, 15) is 0 Å². The summed E-state index contributed by atoms with van der Waals surface area (Å²) in [5, 5.41) is 10.1. The maximum Gasteiger partial charge on any atom is 0.166 e. The van der Waals surface area contributed by atoms with E-state index in [4.69, 9.17) is 11.7 Å². The number of amidine groups is 1. The third-order valence-electron chi connectivity index (χ3n) is 3.41. The standard InChI is InChI=1S/C18H28N6/c1-4-5-13-24(21-12-6-7-15(2)3)14-16-8-10-17(11-9-16)18(22-19)23-20/h8-12,15H,6-7,13-14,19-20H2,1-3H3,(H,22,23)/b21-12-. The molecule has 0 saturated heterocycles. The van der Waals surface area contributed by atoms with Gasteiger partial charge in [-0.1, -0.05) is 44.0 Å². The van der Waals surface area contributed by atoms with Gasteiger partial charge < -0.3 is 11.3 Å². The predicted octanol–water partition coefficient (Wildman–Crippen LogP) is 2.02. The molecule has 0 amide bonds. The Morgan fingerprint density at radius 3 is 2.58 bits per heavy atom. The fraction of sp³-hybridized carbons (Fsp3) is 0.444. The van der Waals surface area contributed by atoms with Gasteiger partial charge >= 0.3 is 0 Å². The second kappa shape index (κ2) is 11.1. The first-order valence-corrected chi connectivity index (χ1v) is 8.11. The Morgan fingerprint density at radius 1 is 1.33 bits per heavy atom. The quantitative estimate of drug-likeness (QED) is 0.224. The van der Waals surface area contributed by atoms with Crippen LogP contribution >= 0.6 is 0 Å². The Labute approximate surface area is 145 Å². The fourth-order valence-corrected chi connectivity index (χ4v) is 2.06. The molecule has 130 valence electrons. The number of hydrogen-bond donors (Lipinski definition) is 3. The van der Waals surface area contributed by atoms with Crippen LogP contribution in [0.15, 0.2) is 34.5 Å². The summed E-state index contributed by atoms with van der Waals surface area (Å²) < 4.78 is 0. The predicted molar refractivity (Wildman–Crippen MR) is 101 cm³/mol. The Morgan fingerprint density at radius 2 is 2.04 bits per heavy atom. The maximum absolute atomic E-state index is 5.37. The third-order valence-corrected chi connectivity index (χ3v) is 3.41. The number of nitrogens with one attached hydrogen (secondary N) is 1. The van der Waals surface area contributed by atoms with Gasteiger partial charge in [0.15, 0.2) is 5.84 Å². The van der Waals surface area contributed by atoms with Gasteiger partial charge in [-0.15, -0.1) is 5.92 Å². The van der Waals surface area contributed by atoms with Crippen LogP contribution in [0.1, 0.15) is 44.7 Å². The van der Waals surface area contributed by atoms with Gasteiger partial charge in [0.1, 0.15) is 0 Å². The second-order valence-electron chi connectivity index (χ2n) is 5.84. The summed E-state index contributed by atoms with van der Waals surface area (Å²) >= 11 is 0. The number of hydrazone groups is 2. The molecular weight excluding hydrogens is 300 g/mol. The third kappa shape index (κ3) is 7.16. The van der Waals surface area contributed by atoms with Crippen molar-refractivity contribution in [3.05, 3.63) is 35.4 Å². The van der Waals surface area contributed by atoms with Crippen LogP contribution < -0.4 is 17.1 Å². The molecule has 24 heavy (non-hydrogen) atoms. The normalized spacial score (nSPS) is 11.5. The molecule has 0 unspecified atom stereocenters. The van der Waals surface area contributed by atoms with Crippen LogP contribution in [0.2, 0.25) is 0 Å². The Balaban J connectivity index is 2.72. The van der Waals surface area contributed by atoms with Crippen LogP contribution in [0.25, 0.3) is 0 Å². The molecule has 1 rings (SSSR count). The van der Waals surface area contributed by atoms with Crippen LogP contribution in [0, 0.1) is 17.8 Å². The number of benzene rings is 1. The minimum absolute atomic E-state index is 0.446. The summed E-state index contributed by atoms with van der Waals surface area (Å²) in [5.74, 6) is 17.8. The molecule has 0 heterocycles. The van der Waals surface area contributed by atoms with Crippen molar-refractivity contribution in [3.8, 4) is 11.8 Å². The van der Waals surface area contributed by atoms with E-state index in [2.05, 4.69) is 41.3 Å². The van der Waals surface area contributed by atoms with E-state index in [1.165, 1.54) is 0 Å². The number of hydrazine groups is 1. The van der Waals surface area contributed by atoms with Gasteiger partial charge in [-0.2, -0.15) is 10.2 Å². The molecule has 0 bridgehead atoms. The van der Waals surface area contributed by atoms with Crippen molar-refractivity contribution >= 4 is 12.1 Å². The molecule has 0 aliphatic carbocycles. The summed E-state index contributed by atoms with van der Waals surface area (Å²) in [4.78, 5) is 0. The van der Waals surface area contributed by atoms with Gasteiger partial charge in [0.05, 0.1) is 13.1 Å². The van der Waals surface area contributed by atoms with Gasteiger partial charge in [-0.25, -0.2) is 5.84 Å². The minimum Gasteiger partial charge on any atom is -0.321 e. The summed E-state index contributed by atoms with van der Waals surface area (Å²) in [6, 6.07) is 7.86. The molecule has 0 saturated carbocycles. The Hall–Kier alpha value is -2.52. The van der Waals surface area contributed by atoms with Crippen molar-refractivity contribution in [2.45, 2.75) is 40.2 Å². The molecule has 0 atom stereocenters. The van der Waals surface area contributed by atoms with Gasteiger partial charge in [0.25, 0.3) is 0 Å². The smallest absolute Gasteiger partial charge is 0.166 e. The van der Waals surface area contributed by atoms with Crippen molar-refractivity contribution in [2.24, 2.45) is 27.8 Å². The average molecular weight is 328 g/mol. The summed E-state index contributed by atoms with van der Waals surface area (Å²) in [7, 11) is 0. The number of nitrogens with zero attached hydrogens (tertiary/aromatic N) is 3. The van der Waals surface area contributed by atoms with Crippen LogP contribution in [-0.4, -0.2) is 23.6 Å². The number of rotatable bonds is 8.